The van der Waals surface area contributed by atoms with Gasteiger partial charge in [0.1, 0.15) is 12.0 Å². The minimum Gasteiger partial charge on any atom is -0.299 e. The Morgan fingerprint density at radius 2 is 2.00 bits per heavy atom. The number of nitrogens with zero attached hydrogens (tertiary/aromatic N) is 1. The molecule has 130 valence electrons. The van der Waals surface area contributed by atoms with Crippen molar-refractivity contribution in [2.75, 3.05) is 6.26 Å². The Balaban J connectivity index is 1.90. The van der Waals surface area contributed by atoms with Gasteiger partial charge >= 0.3 is 0 Å². The van der Waals surface area contributed by atoms with Crippen LogP contribution in [0.5, 0.6) is 0 Å². The first-order chi connectivity index (χ1) is 11.3. The molecule has 3 atom stereocenters. The van der Waals surface area contributed by atoms with Crippen molar-refractivity contribution in [3.63, 3.8) is 0 Å². The number of alkyl halides is 1. The van der Waals surface area contributed by atoms with E-state index in [1.54, 1.807) is 23.5 Å². The van der Waals surface area contributed by atoms with Crippen LogP contribution in [0, 0.1) is 23.2 Å². The van der Waals surface area contributed by atoms with Gasteiger partial charge in [-0.15, -0.1) is 11.8 Å². The smallest absolute Gasteiger partial charge is 0.138 e. The molecule has 0 saturated heterocycles. The minimum atomic E-state index is -1.01. The van der Waals surface area contributed by atoms with Crippen LogP contribution in [0.25, 0.3) is 0 Å². The maximum atomic E-state index is 13.5. The predicted octanol–water partition coefficient (Wildman–Crippen LogP) is 5.27. The predicted molar refractivity (Wildman–Crippen MR) is 99.9 cm³/mol. The highest BCUT2D eigenvalue weighted by Gasteiger charge is 2.40. The number of benzene rings is 1. The summed E-state index contributed by atoms with van der Waals surface area (Å²) in [4.78, 5) is 13.8. The lowest BCUT2D eigenvalue weighted by Crippen LogP contribution is -2.27. The van der Waals surface area contributed by atoms with Gasteiger partial charge in [-0.25, -0.2) is 4.39 Å². The summed E-state index contributed by atoms with van der Waals surface area (Å²) in [6, 6.07) is 10.6. The highest BCUT2D eigenvalue weighted by atomic mass is 32.2. The number of hydrogen-bond acceptors (Lipinski definition) is 4. The molecular weight excluding hydrogens is 341 g/mol. The second-order valence-corrected chi connectivity index (χ2v) is 9.51. The Bertz CT molecular complexity index is 609. The summed E-state index contributed by atoms with van der Waals surface area (Å²) in [6.07, 6.45) is 1.86. The van der Waals surface area contributed by atoms with E-state index in [1.165, 1.54) is 10.5 Å². The molecule has 2 nitrogen and oxygen atoms in total. The van der Waals surface area contributed by atoms with Crippen molar-refractivity contribution in [1.29, 1.82) is 5.26 Å². The molecule has 0 bridgehead atoms. The van der Waals surface area contributed by atoms with Crippen LogP contribution in [0.1, 0.15) is 38.7 Å². The molecule has 1 saturated carbocycles. The van der Waals surface area contributed by atoms with Crippen molar-refractivity contribution >= 4 is 29.3 Å². The number of carbonyl (C=O) groups is 1. The van der Waals surface area contributed by atoms with Crippen LogP contribution in [0.4, 0.5) is 4.39 Å². The number of carbonyl (C=O) groups excluding carboxylic acids is 1. The third-order valence-corrected chi connectivity index (χ3v) is 6.62. The molecule has 2 rings (SSSR count). The summed E-state index contributed by atoms with van der Waals surface area (Å²) in [5, 5.41) is 9.12. The lowest BCUT2D eigenvalue weighted by molar-refractivity contribution is -0.123. The molecule has 0 amide bonds. The lowest BCUT2D eigenvalue weighted by atomic mass is 9.88. The second-order valence-electron chi connectivity index (χ2n) is 6.95. The number of Topliss-reactive ketones (excluding diaryl/α,β-unsaturated/α-hetero) is 1. The number of ketones is 1. The van der Waals surface area contributed by atoms with Crippen LogP contribution in [0.15, 0.2) is 29.2 Å². The van der Waals surface area contributed by atoms with Gasteiger partial charge in [0.2, 0.25) is 0 Å². The van der Waals surface area contributed by atoms with Gasteiger partial charge < -0.3 is 0 Å². The molecule has 3 unspecified atom stereocenters. The molecule has 1 aliphatic carbocycles. The van der Waals surface area contributed by atoms with Gasteiger partial charge in [0.15, 0.2) is 0 Å². The van der Waals surface area contributed by atoms with Gasteiger partial charge in [-0.3, -0.25) is 4.79 Å². The molecular formula is C19H24FNOS2. The molecule has 24 heavy (non-hydrogen) atoms. The van der Waals surface area contributed by atoms with Crippen LogP contribution < -0.4 is 0 Å². The fourth-order valence-electron chi connectivity index (χ4n) is 3.08. The summed E-state index contributed by atoms with van der Waals surface area (Å²) >= 11 is 3.46. The molecule has 1 aromatic carbocycles. The number of nitriles is 1. The Morgan fingerprint density at radius 3 is 2.58 bits per heavy atom. The summed E-state index contributed by atoms with van der Waals surface area (Å²) < 4.78 is 13.3. The molecule has 1 aliphatic rings. The van der Waals surface area contributed by atoms with E-state index in [-0.39, 0.29) is 23.4 Å². The molecule has 0 spiro atoms. The molecule has 1 aromatic rings. The molecule has 0 heterocycles. The molecule has 1 fully saturated rings. The first-order valence-electron chi connectivity index (χ1n) is 8.18. The Morgan fingerprint density at radius 1 is 1.33 bits per heavy atom. The normalized spacial score (nSPS) is 23.9. The number of hydrogen-bond donors (Lipinski definition) is 0. The Kier molecular flexibility index (Phi) is 6.77. The minimum absolute atomic E-state index is 0.0388. The van der Waals surface area contributed by atoms with Crippen LogP contribution in [-0.4, -0.2) is 23.0 Å². The van der Waals surface area contributed by atoms with E-state index in [9.17, 15) is 9.18 Å². The number of thioether (sulfide) groups is 2. The largest absolute Gasteiger partial charge is 0.299 e. The highest BCUT2D eigenvalue weighted by molar-refractivity contribution is 7.99. The van der Waals surface area contributed by atoms with Crippen LogP contribution in [0.3, 0.4) is 0 Å². The first-order valence-corrected chi connectivity index (χ1v) is 10.4. The molecule has 0 aliphatic heterocycles. The zero-order valence-corrected chi connectivity index (χ0v) is 16.1. The van der Waals surface area contributed by atoms with Crippen LogP contribution >= 0.6 is 23.5 Å². The van der Waals surface area contributed by atoms with E-state index in [0.29, 0.717) is 6.42 Å². The Labute approximate surface area is 152 Å². The third-order valence-electron chi connectivity index (χ3n) is 4.47. The van der Waals surface area contributed by atoms with Crippen molar-refractivity contribution in [2.24, 2.45) is 11.8 Å². The van der Waals surface area contributed by atoms with Crippen molar-refractivity contribution in [3.05, 3.63) is 29.8 Å². The third kappa shape index (κ3) is 5.26. The number of rotatable bonds is 7. The highest BCUT2D eigenvalue weighted by Crippen LogP contribution is 2.38. The van der Waals surface area contributed by atoms with Gasteiger partial charge in [0.25, 0.3) is 0 Å². The van der Waals surface area contributed by atoms with Gasteiger partial charge in [-0.1, -0.05) is 26.0 Å². The fourth-order valence-corrected chi connectivity index (χ4v) is 4.48. The standard InChI is InChI=1S/C19H24FNOS2/c1-19(2,24-12-13-4-6-16(23-3)7-5-13)10-18(22)17-9-15(20)8-14(17)11-21/h4-7,14-15,17H,8-10,12H2,1-3H3. The maximum Gasteiger partial charge on any atom is 0.138 e. The van der Waals surface area contributed by atoms with E-state index in [0.717, 1.165) is 5.75 Å². The van der Waals surface area contributed by atoms with E-state index in [1.807, 2.05) is 0 Å². The molecule has 0 N–H and O–H groups in total. The van der Waals surface area contributed by atoms with E-state index >= 15 is 0 Å². The zero-order chi connectivity index (χ0) is 17.7. The van der Waals surface area contributed by atoms with Crippen molar-refractivity contribution in [2.45, 2.75) is 54.7 Å². The quantitative estimate of drug-likeness (QED) is 0.617. The Hall–Kier alpha value is -0.990. The van der Waals surface area contributed by atoms with Gasteiger partial charge in [0, 0.05) is 27.7 Å². The monoisotopic (exact) mass is 365 g/mol. The van der Waals surface area contributed by atoms with Crippen molar-refractivity contribution < 1.29 is 9.18 Å². The lowest BCUT2D eigenvalue weighted by Gasteiger charge is -2.25. The van der Waals surface area contributed by atoms with Crippen molar-refractivity contribution in [3.8, 4) is 6.07 Å². The van der Waals surface area contributed by atoms with Crippen LogP contribution in [0.2, 0.25) is 0 Å². The summed E-state index contributed by atoms with van der Waals surface area (Å²) in [5.41, 5.74) is 1.23. The second kappa shape index (κ2) is 8.40. The molecule has 0 radical (unpaired) electrons. The molecule has 0 aromatic heterocycles. The van der Waals surface area contributed by atoms with E-state index in [2.05, 4.69) is 50.4 Å². The summed E-state index contributed by atoms with van der Waals surface area (Å²) in [7, 11) is 0. The average molecular weight is 366 g/mol. The van der Waals surface area contributed by atoms with Gasteiger partial charge in [0.05, 0.1) is 12.0 Å². The number of halogens is 1. The topological polar surface area (TPSA) is 40.9 Å². The average Bonchev–Trinajstić information content (AvgIpc) is 2.94. The first kappa shape index (κ1) is 19.3. The SMILES string of the molecule is CSc1ccc(CSC(C)(C)CC(=O)C2CC(F)CC2C#N)cc1. The van der Waals surface area contributed by atoms with Gasteiger partial charge in [-0.05, 0) is 36.8 Å². The molecule has 5 heteroatoms. The zero-order valence-electron chi connectivity index (χ0n) is 14.4. The van der Waals surface area contributed by atoms with E-state index < -0.39 is 18.0 Å². The maximum absolute atomic E-state index is 13.5. The fraction of sp³-hybridized carbons (Fsp3) is 0.579. The van der Waals surface area contributed by atoms with E-state index in [4.69, 9.17) is 5.26 Å². The van der Waals surface area contributed by atoms with Crippen molar-refractivity contribution in [1.82, 2.24) is 0 Å². The summed E-state index contributed by atoms with van der Waals surface area (Å²) in [6.45, 7) is 4.10. The van der Waals surface area contributed by atoms with Gasteiger partial charge in [-0.2, -0.15) is 17.0 Å². The van der Waals surface area contributed by atoms with Crippen LogP contribution in [-0.2, 0) is 10.5 Å². The summed E-state index contributed by atoms with van der Waals surface area (Å²) in [5.74, 6) is 0.00239.